The highest BCUT2D eigenvalue weighted by Gasteiger charge is 2.36. The first-order chi connectivity index (χ1) is 13.9. The average Bonchev–Trinajstić information content (AvgIpc) is 2.71. The van der Waals surface area contributed by atoms with Crippen molar-refractivity contribution in [2.45, 2.75) is 44.6 Å². The Labute approximate surface area is 174 Å². The van der Waals surface area contributed by atoms with Crippen molar-refractivity contribution in [1.82, 2.24) is 4.90 Å². The number of fused-ring (bicyclic) bond motifs is 1. The molecule has 3 rings (SSSR count). The molecule has 1 aromatic carbocycles. The van der Waals surface area contributed by atoms with Gasteiger partial charge in [-0.15, -0.1) is 0 Å². The number of rotatable bonds is 8. The number of likely N-dealkylation sites (tertiary alicyclic amines) is 1. The van der Waals surface area contributed by atoms with Crippen molar-refractivity contribution in [3.63, 3.8) is 0 Å². The summed E-state index contributed by atoms with van der Waals surface area (Å²) < 4.78 is 27.3. The molecule has 162 valence electrons. The van der Waals surface area contributed by atoms with Gasteiger partial charge in [-0.1, -0.05) is 12.8 Å². The molecule has 2 N–H and O–H groups in total. The number of ether oxygens (including phenoxy) is 1. The van der Waals surface area contributed by atoms with E-state index in [-0.39, 0.29) is 18.5 Å². The van der Waals surface area contributed by atoms with E-state index in [9.17, 15) is 13.2 Å². The smallest absolute Gasteiger partial charge is 0.254 e. The van der Waals surface area contributed by atoms with Gasteiger partial charge in [0.2, 0.25) is 0 Å². The van der Waals surface area contributed by atoms with Crippen LogP contribution >= 0.6 is 0 Å². The predicted molar refractivity (Wildman–Crippen MR) is 116 cm³/mol. The minimum atomic E-state index is -3.12. The molecule has 0 radical (unpaired) electrons. The summed E-state index contributed by atoms with van der Waals surface area (Å²) in [5.74, 6) is 0.512. The molecule has 0 aromatic heterocycles. The quantitative estimate of drug-likeness (QED) is 0.625. The van der Waals surface area contributed by atoms with Crippen LogP contribution in [0.2, 0.25) is 0 Å². The highest BCUT2D eigenvalue weighted by atomic mass is 32.2. The molecule has 1 amide bonds. The summed E-state index contributed by atoms with van der Waals surface area (Å²) in [7, 11) is -1.29. The highest BCUT2D eigenvalue weighted by Crippen LogP contribution is 2.36. The number of carbonyl (C=O) groups excluding carboxylic acids is 1. The van der Waals surface area contributed by atoms with Gasteiger partial charge in [-0.25, -0.2) is 8.42 Å². The largest absolute Gasteiger partial charge is 0.386 e. The van der Waals surface area contributed by atoms with Crippen molar-refractivity contribution < 1.29 is 17.9 Å². The van der Waals surface area contributed by atoms with Gasteiger partial charge in [0.25, 0.3) is 5.91 Å². The lowest BCUT2D eigenvalue weighted by molar-refractivity contribution is 0.0391. The van der Waals surface area contributed by atoms with Crippen LogP contribution in [0.3, 0.4) is 0 Å². The summed E-state index contributed by atoms with van der Waals surface area (Å²) in [6.45, 7) is 1.62. The van der Waals surface area contributed by atoms with Crippen LogP contribution < -0.4 is 10.6 Å². The molecule has 1 aliphatic carbocycles. The van der Waals surface area contributed by atoms with Crippen LogP contribution in [-0.4, -0.2) is 64.2 Å². The molecular weight excluding hydrogens is 390 g/mol. The molecule has 1 saturated carbocycles. The zero-order chi connectivity index (χ0) is 20.9. The van der Waals surface area contributed by atoms with Crippen molar-refractivity contribution in [1.29, 1.82) is 0 Å². The van der Waals surface area contributed by atoms with E-state index in [4.69, 9.17) is 4.74 Å². The van der Waals surface area contributed by atoms with E-state index in [1.54, 1.807) is 0 Å². The molecule has 1 saturated heterocycles. The lowest BCUT2D eigenvalue weighted by atomic mass is 9.78. The third-order valence-electron chi connectivity index (χ3n) is 5.90. The molecule has 8 heteroatoms. The number of hydrogen-bond donors (Lipinski definition) is 2. The Hall–Kier alpha value is -1.80. The van der Waals surface area contributed by atoms with Gasteiger partial charge in [0.1, 0.15) is 5.94 Å². The summed E-state index contributed by atoms with van der Waals surface area (Å²) in [5, 5.41) is 6.38. The van der Waals surface area contributed by atoms with E-state index in [2.05, 4.69) is 15.5 Å². The molecule has 1 heterocycles. The average molecular weight is 424 g/mol. The highest BCUT2D eigenvalue weighted by molar-refractivity contribution is 7.90. The lowest BCUT2D eigenvalue weighted by Gasteiger charge is -2.44. The molecule has 1 aliphatic heterocycles. The number of carbonyl (C=O) groups is 1. The van der Waals surface area contributed by atoms with Crippen LogP contribution in [0.1, 0.15) is 48.9 Å². The van der Waals surface area contributed by atoms with Crippen LogP contribution in [0, 0.1) is 5.92 Å². The van der Waals surface area contributed by atoms with E-state index in [1.165, 1.54) is 25.7 Å². The summed E-state index contributed by atoms with van der Waals surface area (Å²) in [6.07, 6.45) is 8.38. The summed E-state index contributed by atoms with van der Waals surface area (Å²) in [4.78, 5) is 15.3. The first-order valence-corrected chi connectivity index (χ1v) is 12.6. The fraction of sp³-hybridized carbons (Fsp3) is 0.667. The zero-order valence-corrected chi connectivity index (χ0v) is 18.3. The number of sulfone groups is 1. The van der Waals surface area contributed by atoms with Crippen molar-refractivity contribution in [3.05, 3.63) is 23.8 Å². The van der Waals surface area contributed by atoms with E-state index in [0.717, 1.165) is 37.0 Å². The van der Waals surface area contributed by atoms with E-state index >= 15 is 0 Å². The topological polar surface area (TPSA) is 87.7 Å². The Morgan fingerprint density at radius 2 is 1.93 bits per heavy atom. The molecule has 2 aliphatic rings. The Morgan fingerprint density at radius 1 is 1.17 bits per heavy atom. The second-order valence-corrected chi connectivity index (χ2v) is 10.2. The summed E-state index contributed by atoms with van der Waals surface area (Å²) in [5.41, 5.74) is 2.41. The fourth-order valence-corrected chi connectivity index (χ4v) is 4.97. The number of amides is 1. The van der Waals surface area contributed by atoms with Crippen LogP contribution in [-0.2, 0) is 14.6 Å². The van der Waals surface area contributed by atoms with Gasteiger partial charge in [0.15, 0.2) is 9.84 Å². The van der Waals surface area contributed by atoms with Gasteiger partial charge in [0.05, 0.1) is 18.0 Å². The maximum atomic E-state index is 13.2. The molecule has 2 atom stereocenters. The van der Waals surface area contributed by atoms with Gasteiger partial charge in [-0.3, -0.25) is 4.79 Å². The minimum Gasteiger partial charge on any atom is -0.386 e. The van der Waals surface area contributed by atoms with Gasteiger partial charge in [-0.05, 0) is 49.8 Å². The first-order valence-electron chi connectivity index (χ1n) is 10.5. The SMILES string of the molecule is CNc1cc(C(=O)N2CCCC3CCCCC32)ccc1NCCOCS(C)(=O)=O. The molecule has 2 fully saturated rings. The predicted octanol–water partition coefficient (Wildman–Crippen LogP) is 2.95. The third-order valence-corrected chi connectivity index (χ3v) is 6.49. The van der Waals surface area contributed by atoms with Crippen LogP contribution in [0.25, 0.3) is 0 Å². The number of piperidine rings is 1. The first kappa shape index (κ1) is 21.9. The zero-order valence-electron chi connectivity index (χ0n) is 17.4. The maximum absolute atomic E-state index is 13.2. The Kier molecular flexibility index (Phi) is 7.40. The van der Waals surface area contributed by atoms with Crippen molar-refractivity contribution in [3.8, 4) is 0 Å². The van der Waals surface area contributed by atoms with Crippen LogP contribution in [0.4, 0.5) is 11.4 Å². The Balaban J connectivity index is 1.62. The van der Waals surface area contributed by atoms with Gasteiger partial charge >= 0.3 is 0 Å². The lowest BCUT2D eigenvalue weighted by Crippen LogP contribution is -2.49. The fourth-order valence-electron chi connectivity index (χ4n) is 4.55. The molecule has 0 bridgehead atoms. The normalized spacial score (nSPS) is 22.1. The monoisotopic (exact) mass is 423 g/mol. The number of anilines is 2. The number of nitrogens with zero attached hydrogens (tertiary/aromatic N) is 1. The number of benzene rings is 1. The van der Waals surface area contributed by atoms with Crippen molar-refractivity contribution in [2.24, 2.45) is 5.92 Å². The second-order valence-electron chi connectivity index (χ2n) is 8.14. The van der Waals surface area contributed by atoms with Gasteiger partial charge in [-0.2, -0.15) is 0 Å². The Morgan fingerprint density at radius 3 is 2.69 bits per heavy atom. The number of hydrogen-bond acceptors (Lipinski definition) is 6. The van der Waals surface area contributed by atoms with Gasteiger partial charge in [0, 0.05) is 38.0 Å². The molecule has 0 spiro atoms. The maximum Gasteiger partial charge on any atom is 0.254 e. The van der Waals surface area contributed by atoms with E-state index in [0.29, 0.717) is 24.1 Å². The summed E-state index contributed by atoms with van der Waals surface area (Å²) >= 11 is 0. The van der Waals surface area contributed by atoms with Crippen LogP contribution in [0.5, 0.6) is 0 Å². The standard InChI is InChI=1S/C21H33N3O4S/c1-22-19-14-17(9-10-18(19)23-11-13-28-15-29(2,26)27)21(25)24-12-5-7-16-6-3-4-8-20(16)24/h9-10,14,16,20,22-23H,3-8,11-13,15H2,1-2H3. The summed E-state index contributed by atoms with van der Waals surface area (Å²) in [6, 6.07) is 6.06. The second kappa shape index (κ2) is 9.80. The molecular formula is C21H33N3O4S. The van der Waals surface area contributed by atoms with E-state index < -0.39 is 9.84 Å². The molecule has 29 heavy (non-hydrogen) atoms. The Bertz CT molecular complexity index is 810. The molecule has 1 aromatic rings. The molecule has 2 unspecified atom stereocenters. The van der Waals surface area contributed by atoms with Crippen molar-refractivity contribution >= 4 is 27.1 Å². The minimum absolute atomic E-state index is 0.126. The van der Waals surface area contributed by atoms with Gasteiger partial charge < -0.3 is 20.3 Å². The van der Waals surface area contributed by atoms with E-state index in [1.807, 2.05) is 25.2 Å². The van der Waals surface area contributed by atoms with Crippen LogP contribution in [0.15, 0.2) is 18.2 Å². The number of nitrogens with one attached hydrogen (secondary N) is 2. The third kappa shape index (κ3) is 5.85. The van der Waals surface area contributed by atoms with Crippen molar-refractivity contribution in [2.75, 3.05) is 49.6 Å². The molecule has 7 nitrogen and oxygen atoms in total.